The van der Waals surface area contributed by atoms with Crippen LogP contribution in [0.25, 0.3) is 0 Å². The van der Waals surface area contributed by atoms with E-state index in [0.717, 1.165) is 0 Å². The molecule has 0 aromatic heterocycles. The van der Waals surface area contributed by atoms with Gasteiger partial charge in [0, 0.05) is 16.7 Å². The highest BCUT2D eigenvalue weighted by Gasteiger charge is 2.31. The van der Waals surface area contributed by atoms with Crippen LogP contribution >= 0.6 is 15.9 Å². The Hall–Kier alpha value is -1.76. The molecule has 2 aromatic rings. The lowest BCUT2D eigenvalue weighted by Gasteiger charge is -2.11. The molecule has 0 fully saturated rings. The number of rotatable bonds is 4. The molecule has 0 aliphatic rings. The van der Waals surface area contributed by atoms with E-state index in [1.165, 1.54) is 36.4 Å². The number of halogens is 5. The van der Waals surface area contributed by atoms with Crippen LogP contribution in [0, 0.1) is 5.82 Å². The van der Waals surface area contributed by atoms with Gasteiger partial charge < -0.3 is 10.1 Å². The zero-order chi connectivity index (χ0) is 15.5. The average Bonchev–Trinajstić information content (AvgIpc) is 2.36. The van der Waals surface area contributed by atoms with Gasteiger partial charge in [0.2, 0.25) is 0 Å². The summed E-state index contributed by atoms with van der Waals surface area (Å²) in [6, 6.07) is 9.77. The summed E-state index contributed by atoms with van der Waals surface area (Å²) in [6.07, 6.45) is -4.72. The highest BCUT2D eigenvalue weighted by atomic mass is 79.9. The molecular weight excluding hydrogens is 354 g/mol. The number of hydrogen-bond acceptors (Lipinski definition) is 2. The van der Waals surface area contributed by atoms with Gasteiger partial charge in [-0.15, -0.1) is 13.2 Å². The van der Waals surface area contributed by atoms with Crippen molar-refractivity contribution in [1.29, 1.82) is 0 Å². The van der Waals surface area contributed by atoms with Gasteiger partial charge in [-0.05, 0) is 51.8 Å². The fourth-order valence-electron chi connectivity index (χ4n) is 1.68. The first kappa shape index (κ1) is 15.6. The maximum absolute atomic E-state index is 12.9. The van der Waals surface area contributed by atoms with E-state index in [9.17, 15) is 17.6 Å². The SMILES string of the molecule is Fc1ccc(NCc2cccc(OC(F)(F)F)c2)c(Br)c1. The summed E-state index contributed by atoms with van der Waals surface area (Å²) in [5.74, 6) is -0.659. The van der Waals surface area contributed by atoms with Gasteiger partial charge in [-0.3, -0.25) is 0 Å². The van der Waals surface area contributed by atoms with E-state index in [4.69, 9.17) is 0 Å². The van der Waals surface area contributed by atoms with Gasteiger partial charge in [-0.1, -0.05) is 12.1 Å². The molecule has 1 N–H and O–H groups in total. The van der Waals surface area contributed by atoms with Crippen LogP contribution in [0.15, 0.2) is 46.9 Å². The van der Waals surface area contributed by atoms with Crippen LogP contribution in [0.5, 0.6) is 5.75 Å². The van der Waals surface area contributed by atoms with E-state index in [1.807, 2.05) is 0 Å². The van der Waals surface area contributed by atoms with Crippen molar-refractivity contribution in [3.05, 3.63) is 58.3 Å². The number of alkyl halides is 3. The predicted molar refractivity (Wildman–Crippen MR) is 74.6 cm³/mol. The van der Waals surface area contributed by atoms with Crippen molar-refractivity contribution in [2.24, 2.45) is 0 Å². The summed E-state index contributed by atoms with van der Waals surface area (Å²) >= 11 is 3.20. The first-order valence-corrected chi connectivity index (χ1v) is 6.66. The summed E-state index contributed by atoms with van der Waals surface area (Å²) in [5, 5.41) is 3.00. The van der Waals surface area contributed by atoms with Crippen molar-refractivity contribution in [2.45, 2.75) is 12.9 Å². The van der Waals surface area contributed by atoms with Crippen molar-refractivity contribution in [2.75, 3.05) is 5.32 Å². The summed E-state index contributed by atoms with van der Waals surface area (Å²) < 4.78 is 53.7. The first-order chi connectivity index (χ1) is 9.83. The molecule has 0 saturated heterocycles. The first-order valence-electron chi connectivity index (χ1n) is 5.87. The molecule has 112 valence electrons. The Morgan fingerprint density at radius 1 is 1.10 bits per heavy atom. The molecule has 0 bridgehead atoms. The van der Waals surface area contributed by atoms with Crippen LogP contribution in [0.3, 0.4) is 0 Å². The van der Waals surface area contributed by atoms with Gasteiger partial charge in [0.05, 0.1) is 0 Å². The lowest BCUT2D eigenvalue weighted by molar-refractivity contribution is -0.274. The minimum atomic E-state index is -4.72. The Morgan fingerprint density at radius 2 is 1.86 bits per heavy atom. The monoisotopic (exact) mass is 363 g/mol. The van der Waals surface area contributed by atoms with E-state index in [2.05, 4.69) is 26.0 Å². The van der Waals surface area contributed by atoms with E-state index in [0.29, 0.717) is 15.7 Å². The molecule has 0 atom stereocenters. The molecule has 2 aromatic carbocycles. The van der Waals surface area contributed by atoms with E-state index in [-0.39, 0.29) is 18.1 Å². The Morgan fingerprint density at radius 3 is 2.52 bits per heavy atom. The fraction of sp³-hybridized carbons (Fsp3) is 0.143. The number of anilines is 1. The van der Waals surface area contributed by atoms with Crippen LogP contribution < -0.4 is 10.1 Å². The Balaban J connectivity index is 2.05. The quantitative estimate of drug-likeness (QED) is 0.763. The highest BCUT2D eigenvalue weighted by Crippen LogP contribution is 2.25. The lowest BCUT2D eigenvalue weighted by atomic mass is 10.2. The maximum Gasteiger partial charge on any atom is 0.573 e. The fourth-order valence-corrected chi connectivity index (χ4v) is 2.17. The Bertz CT molecular complexity index is 631. The second-order valence-corrected chi connectivity index (χ2v) is 5.03. The molecule has 2 rings (SSSR count). The van der Waals surface area contributed by atoms with Crippen LogP contribution in [0.2, 0.25) is 0 Å². The van der Waals surface area contributed by atoms with Crippen molar-refractivity contribution in [3.63, 3.8) is 0 Å². The molecule has 0 amide bonds. The number of hydrogen-bond donors (Lipinski definition) is 1. The van der Waals surface area contributed by atoms with Gasteiger partial charge in [0.1, 0.15) is 11.6 Å². The molecular formula is C14H10BrF4NO. The zero-order valence-electron chi connectivity index (χ0n) is 10.5. The number of benzene rings is 2. The summed E-state index contributed by atoms with van der Waals surface area (Å²) in [5.41, 5.74) is 1.24. The Labute approximate surface area is 126 Å². The second-order valence-electron chi connectivity index (χ2n) is 4.17. The second kappa shape index (κ2) is 6.34. The minimum absolute atomic E-state index is 0.277. The molecule has 0 radical (unpaired) electrons. The molecule has 0 unspecified atom stereocenters. The third-order valence-electron chi connectivity index (χ3n) is 2.55. The van der Waals surface area contributed by atoms with Crippen LogP contribution in [0.4, 0.5) is 23.2 Å². The van der Waals surface area contributed by atoms with Crippen LogP contribution in [-0.4, -0.2) is 6.36 Å². The molecule has 2 nitrogen and oxygen atoms in total. The number of ether oxygens (including phenoxy) is 1. The van der Waals surface area contributed by atoms with Crippen LogP contribution in [-0.2, 0) is 6.54 Å². The minimum Gasteiger partial charge on any atom is -0.406 e. The van der Waals surface area contributed by atoms with Crippen LogP contribution in [0.1, 0.15) is 5.56 Å². The smallest absolute Gasteiger partial charge is 0.406 e. The molecule has 0 heterocycles. The lowest BCUT2D eigenvalue weighted by Crippen LogP contribution is -2.17. The molecule has 0 spiro atoms. The van der Waals surface area contributed by atoms with E-state index < -0.39 is 6.36 Å². The topological polar surface area (TPSA) is 21.3 Å². The third-order valence-corrected chi connectivity index (χ3v) is 3.20. The third kappa shape index (κ3) is 4.93. The zero-order valence-corrected chi connectivity index (χ0v) is 12.1. The van der Waals surface area contributed by atoms with Crippen molar-refractivity contribution in [1.82, 2.24) is 0 Å². The molecule has 0 aliphatic carbocycles. The molecule has 7 heteroatoms. The standard InChI is InChI=1S/C14H10BrF4NO/c15-12-7-10(16)4-5-13(12)20-8-9-2-1-3-11(6-9)21-14(17,18)19/h1-7,20H,8H2. The summed E-state index contributed by atoms with van der Waals surface area (Å²) in [6.45, 7) is 0.277. The van der Waals surface area contributed by atoms with Gasteiger partial charge in [-0.25, -0.2) is 4.39 Å². The number of nitrogens with one attached hydrogen (secondary N) is 1. The molecule has 0 saturated carbocycles. The van der Waals surface area contributed by atoms with E-state index >= 15 is 0 Å². The summed E-state index contributed by atoms with van der Waals surface area (Å²) in [4.78, 5) is 0. The average molecular weight is 364 g/mol. The van der Waals surface area contributed by atoms with Crippen molar-refractivity contribution >= 4 is 21.6 Å². The van der Waals surface area contributed by atoms with E-state index in [1.54, 1.807) is 6.07 Å². The molecule has 0 aliphatic heterocycles. The highest BCUT2D eigenvalue weighted by molar-refractivity contribution is 9.10. The van der Waals surface area contributed by atoms with Gasteiger partial charge in [0.25, 0.3) is 0 Å². The predicted octanol–water partition coefficient (Wildman–Crippen LogP) is 5.10. The van der Waals surface area contributed by atoms with Gasteiger partial charge in [-0.2, -0.15) is 0 Å². The van der Waals surface area contributed by atoms with Crippen molar-refractivity contribution in [3.8, 4) is 5.75 Å². The summed E-state index contributed by atoms with van der Waals surface area (Å²) in [7, 11) is 0. The largest absolute Gasteiger partial charge is 0.573 e. The maximum atomic E-state index is 12.9. The molecule has 21 heavy (non-hydrogen) atoms. The Kier molecular flexibility index (Phi) is 4.72. The van der Waals surface area contributed by atoms with Gasteiger partial charge >= 0.3 is 6.36 Å². The van der Waals surface area contributed by atoms with Crippen molar-refractivity contribution < 1.29 is 22.3 Å². The normalized spacial score (nSPS) is 11.3. The van der Waals surface area contributed by atoms with Gasteiger partial charge in [0.15, 0.2) is 0 Å².